The van der Waals surface area contributed by atoms with E-state index in [2.05, 4.69) is 5.32 Å². The summed E-state index contributed by atoms with van der Waals surface area (Å²) in [6.45, 7) is 9.63. The number of amides is 2. The van der Waals surface area contributed by atoms with Gasteiger partial charge in [0.1, 0.15) is 12.6 Å². The van der Waals surface area contributed by atoms with E-state index in [9.17, 15) is 18.0 Å². The number of carbonyl (C=O) groups excluding carboxylic acids is 2. The van der Waals surface area contributed by atoms with Crippen molar-refractivity contribution in [1.82, 2.24) is 10.2 Å². The summed E-state index contributed by atoms with van der Waals surface area (Å²) in [4.78, 5) is 29.0. The number of hydrogen-bond acceptors (Lipinski definition) is 4. The summed E-state index contributed by atoms with van der Waals surface area (Å²) in [5.41, 5.74) is 2.68. The van der Waals surface area contributed by atoms with E-state index < -0.39 is 28.5 Å². The van der Waals surface area contributed by atoms with E-state index in [0.29, 0.717) is 29.2 Å². The number of halogens is 1. The zero-order valence-electron chi connectivity index (χ0n) is 23.7. The molecule has 40 heavy (non-hydrogen) atoms. The van der Waals surface area contributed by atoms with Crippen LogP contribution in [0.4, 0.5) is 5.69 Å². The number of nitrogens with zero attached hydrogens (tertiary/aromatic N) is 2. The minimum absolute atomic E-state index is 0.0503. The van der Waals surface area contributed by atoms with Crippen LogP contribution in [0.2, 0.25) is 5.02 Å². The molecule has 1 N–H and O–H groups in total. The van der Waals surface area contributed by atoms with E-state index in [1.54, 1.807) is 43.3 Å². The summed E-state index contributed by atoms with van der Waals surface area (Å²) >= 11 is 6.38. The van der Waals surface area contributed by atoms with Crippen molar-refractivity contribution in [1.29, 1.82) is 0 Å². The fourth-order valence-electron chi connectivity index (χ4n) is 4.41. The molecule has 9 heteroatoms. The first-order valence-electron chi connectivity index (χ1n) is 13.4. The molecule has 0 saturated carbocycles. The van der Waals surface area contributed by atoms with Crippen molar-refractivity contribution < 1.29 is 18.0 Å². The highest BCUT2D eigenvalue weighted by Crippen LogP contribution is 2.31. The standard InChI is InChI=1S/C31H38ClN3O4S/c1-6-28(31(37)33-19-22(2)3)34(20-25-14-11-10-13-23(25)4)30(36)21-35(29-18-12-17-27(32)24(29)5)40(38,39)26-15-8-7-9-16-26/h7-18,22,28H,6,19-21H2,1-5H3,(H,33,37)/t28-/m1/s1. The van der Waals surface area contributed by atoms with Crippen molar-refractivity contribution in [3.63, 3.8) is 0 Å². The fourth-order valence-corrected chi connectivity index (χ4v) is 6.07. The first-order chi connectivity index (χ1) is 19.0. The van der Waals surface area contributed by atoms with Gasteiger partial charge in [0.15, 0.2) is 0 Å². The van der Waals surface area contributed by atoms with Gasteiger partial charge in [-0.05, 0) is 67.1 Å². The Bertz CT molecular complexity index is 1430. The molecule has 2 amide bonds. The Morgan fingerprint density at radius 3 is 2.20 bits per heavy atom. The number of rotatable bonds is 12. The Hall–Kier alpha value is -3.36. The highest BCUT2D eigenvalue weighted by atomic mass is 35.5. The molecule has 7 nitrogen and oxygen atoms in total. The zero-order chi connectivity index (χ0) is 29.4. The fraction of sp³-hybridized carbons (Fsp3) is 0.355. The molecule has 0 bridgehead atoms. The van der Waals surface area contributed by atoms with Gasteiger partial charge in [0.2, 0.25) is 11.8 Å². The highest BCUT2D eigenvalue weighted by molar-refractivity contribution is 7.92. The summed E-state index contributed by atoms with van der Waals surface area (Å²) in [7, 11) is -4.15. The van der Waals surface area contributed by atoms with Crippen LogP contribution in [-0.4, -0.2) is 44.3 Å². The van der Waals surface area contributed by atoms with Gasteiger partial charge in [-0.1, -0.05) is 80.9 Å². The SMILES string of the molecule is CC[C@H](C(=O)NCC(C)C)N(Cc1ccccc1C)C(=O)CN(c1cccc(Cl)c1C)S(=O)(=O)c1ccccc1. The summed E-state index contributed by atoms with van der Waals surface area (Å²) in [6.07, 6.45) is 0.364. The van der Waals surface area contributed by atoms with E-state index in [-0.39, 0.29) is 23.3 Å². The van der Waals surface area contributed by atoms with Gasteiger partial charge in [-0.15, -0.1) is 0 Å². The predicted molar refractivity (Wildman–Crippen MR) is 161 cm³/mol. The maximum absolute atomic E-state index is 14.2. The smallest absolute Gasteiger partial charge is 0.264 e. The van der Waals surface area contributed by atoms with Gasteiger partial charge in [0, 0.05) is 18.1 Å². The Morgan fingerprint density at radius 2 is 1.57 bits per heavy atom. The molecular weight excluding hydrogens is 546 g/mol. The average molecular weight is 584 g/mol. The zero-order valence-corrected chi connectivity index (χ0v) is 25.3. The first kappa shape index (κ1) is 31.2. The number of aryl methyl sites for hydroxylation is 1. The van der Waals surface area contributed by atoms with Gasteiger partial charge < -0.3 is 10.2 Å². The maximum Gasteiger partial charge on any atom is 0.264 e. The maximum atomic E-state index is 14.2. The monoisotopic (exact) mass is 583 g/mol. The minimum atomic E-state index is -4.15. The van der Waals surface area contributed by atoms with Crippen molar-refractivity contribution in [3.05, 3.63) is 94.5 Å². The molecule has 0 fully saturated rings. The molecule has 0 aliphatic rings. The minimum Gasteiger partial charge on any atom is -0.354 e. The normalized spacial score (nSPS) is 12.2. The van der Waals surface area contributed by atoms with Crippen LogP contribution in [0.15, 0.2) is 77.7 Å². The second kappa shape index (κ2) is 13.8. The predicted octanol–water partition coefficient (Wildman–Crippen LogP) is 5.73. The van der Waals surface area contributed by atoms with Crippen LogP contribution >= 0.6 is 11.6 Å². The molecule has 0 spiro atoms. The van der Waals surface area contributed by atoms with Crippen molar-refractivity contribution in [2.75, 3.05) is 17.4 Å². The van der Waals surface area contributed by atoms with Crippen LogP contribution in [0, 0.1) is 19.8 Å². The molecule has 0 unspecified atom stereocenters. The summed E-state index contributed by atoms with van der Waals surface area (Å²) in [5.74, 6) is -0.525. The van der Waals surface area contributed by atoms with Crippen LogP contribution in [0.25, 0.3) is 0 Å². The van der Waals surface area contributed by atoms with Gasteiger partial charge in [0.25, 0.3) is 10.0 Å². The van der Waals surface area contributed by atoms with Crippen LogP contribution in [-0.2, 0) is 26.2 Å². The Labute approximate surface area is 243 Å². The lowest BCUT2D eigenvalue weighted by Crippen LogP contribution is -2.52. The van der Waals surface area contributed by atoms with E-state index in [0.717, 1.165) is 15.4 Å². The number of hydrogen-bond donors (Lipinski definition) is 1. The van der Waals surface area contributed by atoms with Crippen LogP contribution in [0.3, 0.4) is 0 Å². The van der Waals surface area contributed by atoms with Gasteiger partial charge in [-0.2, -0.15) is 0 Å². The quantitative estimate of drug-likeness (QED) is 0.295. The van der Waals surface area contributed by atoms with Crippen molar-refractivity contribution >= 4 is 39.1 Å². The Morgan fingerprint density at radius 1 is 0.925 bits per heavy atom. The molecule has 0 saturated heterocycles. The number of anilines is 1. The van der Waals surface area contributed by atoms with E-state index in [1.165, 1.54) is 17.0 Å². The largest absolute Gasteiger partial charge is 0.354 e. The number of benzene rings is 3. The Kier molecular flexibility index (Phi) is 10.8. The molecule has 0 aromatic heterocycles. The molecule has 0 radical (unpaired) electrons. The van der Waals surface area contributed by atoms with Gasteiger partial charge in [-0.25, -0.2) is 8.42 Å². The lowest BCUT2D eigenvalue weighted by Gasteiger charge is -2.34. The highest BCUT2D eigenvalue weighted by Gasteiger charge is 2.34. The summed E-state index contributed by atoms with van der Waals surface area (Å²) in [5, 5.41) is 3.33. The average Bonchev–Trinajstić information content (AvgIpc) is 2.93. The molecule has 3 rings (SSSR count). The molecule has 3 aromatic carbocycles. The van der Waals surface area contributed by atoms with Crippen molar-refractivity contribution in [2.24, 2.45) is 5.92 Å². The van der Waals surface area contributed by atoms with Crippen LogP contribution in [0.1, 0.15) is 43.9 Å². The van der Waals surface area contributed by atoms with Crippen molar-refractivity contribution in [3.8, 4) is 0 Å². The Balaban J connectivity index is 2.09. The third-order valence-electron chi connectivity index (χ3n) is 6.79. The number of sulfonamides is 1. The summed E-state index contributed by atoms with van der Waals surface area (Å²) < 4.78 is 29.0. The van der Waals surface area contributed by atoms with E-state index >= 15 is 0 Å². The van der Waals surface area contributed by atoms with Crippen molar-refractivity contribution in [2.45, 2.75) is 58.5 Å². The second-order valence-electron chi connectivity index (χ2n) is 10.2. The molecule has 214 valence electrons. The van der Waals surface area contributed by atoms with Crippen LogP contribution < -0.4 is 9.62 Å². The third-order valence-corrected chi connectivity index (χ3v) is 8.97. The molecule has 3 aromatic rings. The lowest BCUT2D eigenvalue weighted by molar-refractivity contribution is -0.140. The molecule has 0 aliphatic heterocycles. The van der Waals surface area contributed by atoms with Gasteiger partial charge in [-0.3, -0.25) is 13.9 Å². The second-order valence-corrected chi connectivity index (χ2v) is 12.5. The lowest BCUT2D eigenvalue weighted by atomic mass is 10.1. The van der Waals surface area contributed by atoms with Gasteiger partial charge >= 0.3 is 0 Å². The molecule has 0 aliphatic carbocycles. The molecular formula is C31H38ClN3O4S. The summed E-state index contributed by atoms with van der Waals surface area (Å²) in [6, 6.07) is 19.8. The number of carbonyl (C=O) groups is 2. The van der Waals surface area contributed by atoms with E-state index in [1.807, 2.05) is 52.0 Å². The topological polar surface area (TPSA) is 86.8 Å². The van der Waals surface area contributed by atoms with Crippen LogP contribution in [0.5, 0.6) is 0 Å². The molecule has 1 atom stereocenters. The number of nitrogens with one attached hydrogen (secondary N) is 1. The van der Waals surface area contributed by atoms with E-state index in [4.69, 9.17) is 11.6 Å². The first-order valence-corrected chi connectivity index (χ1v) is 15.2. The molecule has 0 heterocycles. The van der Waals surface area contributed by atoms with Gasteiger partial charge in [0.05, 0.1) is 10.6 Å². The third kappa shape index (κ3) is 7.43.